The molecule has 0 bridgehead atoms. The molecule has 3 nitrogen and oxygen atoms in total. The average molecular weight is 257 g/mol. The molecule has 108 valence electrons. The molecule has 0 rings (SSSR count). The first kappa shape index (κ1) is 17.4. The Morgan fingerprint density at radius 3 is 1.78 bits per heavy atom. The predicted octanol–water partition coefficient (Wildman–Crippen LogP) is 3.33. The Balaban J connectivity index is 4.37. The van der Waals surface area contributed by atoms with Crippen LogP contribution in [-0.4, -0.2) is 36.6 Å². The Morgan fingerprint density at radius 2 is 1.44 bits per heavy atom. The number of hydrogen-bond donors (Lipinski definition) is 0. The summed E-state index contributed by atoms with van der Waals surface area (Å²) in [5, 5.41) is 0. The van der Waals surface area contributed by atoms with E-state index in [0.717, 1.165) is 25.9 Å². The van der Waals surface area contributed by atoms with E-state index in [1.165, 1.54) is 0 Å². The van der Waals surface area contributed by atoms with E-state index in [-0.39, 0.29) is 12.0 Å². The van der Waals surface area contributed by atoms with Crippen LogP contribution in [-0.2, 0) is 9.53 Å². The molecule has 0 aliphatic rings. The molecule has 0 aliphatic carbocycles. The predicted molar refractivity (Wildman–Crippen MR) is 76.6 cm³/mol. The maximum absolute atomic E-state index is 12.3. The highest BCUT2D eigenvalue weighted by molar-refractivity contribution is 5.80. The standard InChI is InChI=1S/C15H31NO2/c1-7-18-14(6)15(17)16(10-8-12(2)3)11-9-13(4)5/h12-14H,7-11H2,1-6H3. The summed E-state index contributed by atoms with van der Waals surface area (Å²) < 4.78 is 5.41. The highest BCUT2D eigenvalue weighted by atomic mass is 16.5. The summed E-state index contributed by atoms with van der Waals surface area (Å²) in [6.45, 7) is 14.8. The lowest BCUT2D eigenvalue weighted by molar-refractivity contribution is -0.142. The number of nitrogens with zero attached hydrogens (tertiary/aromatic N) is 1. The van der Waals surface area contributed by atoms with Crippen molar-refractivity contribution in [3.05, 3.63) is 0 Å². The van der Waals surface area contributed by atoms with E-state index in [1.807, 2.05) is 18.7 Å². The molecule has 0 heterocycles. The minimum absolute atomic E-state index is 0.137. The van der Waals surface area contributed by atoms with Crippen LogP contribution in [0.5, 0.6) is 0 Å². The summed E-state index contributed by atoms with van der Waals surface area (Å²) in [7, 11) is 0. The fraction of sp³-hybridized carbons (Fsp3) is 0.933. The molecular formula is C15H31NO2. The Kier molecular flexibility index (Phi) is 9.08. The summed E-state index contributed by atoms with van der Waals surface area (Å²) in [6, 6.07) is 0. The molecular weight excluding hydrogens is 226 g/mol. The third-order valence-electron chi connectivity index (χ3n) is 3.03. The fourth-order valence-electron chi connectivity index (χ4n) is 1.74. The van der Waals surface area contributed by atoms with Crippen molar-refractivity contribution < 1.29 is 9.53 Å². The molecule has 0 saturated heterocycles. The van der Waals surface area contributed by atoms with Crippen molar-refractivity contribution in [2.24, 2.45) is 11.8 Å². The lowest BCUT2D eigenvalue weighted by Crippen LogP contribution is -2.41. The number of carbonyl (C=O) groups is 1. The van der Waals surface area contributed by atoms with E-state index in [2.05, 4.69) is 27.7 Å². The largest absolute Gasteiger partial charge is 0.369 e. The highest BCUT2D eigenvalue weighted by Gasteiger charge is 2.20. The minimum atomic E-state index is -0.311. The van der Waals surface area contributed by atoms with Crippen LogP contribution in [0.2, 0.25) is 0 Å². The molecule has 0 N–H and O–H groups in total. The normalized spacial score (nSPS) is 13.1. The maximum Gasteiger partial charge on any atom is 0.251 e. The second-order valence-electron chi connectivity index (χ2n) is 5.79. The van der Waals surface area contributed by atoms with Crippen molar-refractivity contribution in [2.45, 2.75) is 60.5 Å². The summed E-state index contributed by atoms with van der Waals surface area (Å²) in [5.41, 5.74) is 0. The van der Waals surface area contributed by atoms with Gasteiger partial charge < -0.3 is 9.64 Å². The molecule has 0 aliphatic heterocycles. The molecule has 0 fully saturated rings. The quantitative estimate of drug-likeness (QED) is 0.634. The van der Waals surface area contributed by atoms with Crippen LogP contribution in [0.3, 0.4) is 0 Å². The molecule has 18 heavy (non-hydrogen) atoms. The number of ether oxygens (including phenoxy) is 1. The first-order chi connectivity index (χ1) is 8.38. The van der Waals surface area contributed by atoms with Crippen LogP contribution in [0.25, 0.3) is 0 Å². The van der Waals surface area contributed by atoms with Crippen molar-refractivity contribution in [3.63, 3.8) is 0 Å². The molecule has 0 radical (unpaired) electrons. The van der Waals surface area contributed by atoms with Gasteiger partial charge in [0, 0.05) is 19.7 Å². The van der Waals surface area contributed by atoms with Crippen molar-refractivity contribution in [3.8, 4) is 0 Å². The van der Waals surface area contributed by atoms with Crippen LogP contribution in [0, 0.1) is 11.8 Å². The van der Waals surface area contributed by atoms with Crippen LogP contribution in [0.15, 0.2) is 0 Å². The zero-order valence-electron chi connectivity index (χ0n) is 13.0. The van der Waals surface area contributed by atoms with Gasteiger partial charge in [-0.3, -0.25) is 4.79 Å². The van der Waals surface area contributed by atoms with Gasteiger partial charge in [0.1, 0.15) is 6.10 Å². The van der Waals surface area contributed by atoms with Gasteiger partial charge in [0.25, 0.3) is 5.91 Å². The second kappa shape index (κ2) is 9.37. The van der Waals surface area contributed by atoms with Crippen molar-refractivity contribution in [1.82, 2.24) is 4.90 Å². The summed E-state index contributed by atoms with van der Waals surface area (Å²) >= 11 is 0. The lowest BCUT2D eigenvalue weighted by atomic mass is 10.1. The molecule has 0 aromatic carbocycles. The fourth-order valence-corrected chi connectivity index (χ4v) is 1.74. The number of hydrogen-bond acceptors (Lipinski definition) is 2. The molecule has 1 unspecified atom stereocenters. The first-order valence-electron chi connectivity index (χ1n) is 7.28. The van der Waals surface area contributed by atoms with E-state index in [0.29, 0.717) is 18.4 Å². The Labute approximate surface area is 113 Å². The Bertz CT molecular complexity index is 215. The third kappa shape index (κ3) is 7.70. The van der Waals surface area contributed by atoms with Gasteiger partial charge in [0.05, 0.1) is 0 Å². The molecule has 0 aromatic heterocycles. The van der Waals surface area contributed by atoms with Crippen LogP contribution < -0.4 is 0 Å². The van der Waals surface area contributed by atoms with Crippen molar-refractivity contribution >= 4 is 5.91 Å². The maximum atomic E-state index is 12.3. The van der Waals surface area contributed by atoms with E-state index < -0.39 is 0 Å². The van der Waals surface area contributed by atoms with Crippen molar-refractivity contribution in [1.29, 1.82) is 0 Å². The summed E-state index contributed by atoms with van der Waals surface area (Å²) in [4.78, 5) is 14.2. The zero-order chi connectivity index (χ0) is 14.1. The molecule has 0 saturated carbocycles. The first-order valence-corrected chi connectivity index (χ1v) is 7.28. The summed E-state index contributed by atoms with van der Waals surface area (Å²) in [5.74, 6) is 1.39. The molecule has 0 spiro atoms. The molecule has 3 heteroatoms. The number of amides is 1. The van der Waals surface area contributed by atoms with Crippen LogP contribution in [0.4, 0.5) is 0 Å². The monoisotopic (exact) mass is 257 g/mol. The molecule has 1 atom stereocenters. The third-order valence-corrected chi connectivity index (χ3v) is 3.03. The second-order valence-corrected chi connectivity index (χ2v) is 5.79. The van der Waals surface area contributed by atoms with Crippen LogP contribution in [0.1, 0.15) is 54.4 Å². The molecule has 0 aromatic rings. The van der Waals surface area contributed by atoms with E-state index in [1.54, 1.807) is 0 Å². The smallest absolute Gasteiger partial charge is 0.251 e. The van der Waals surface area contributed by atoms with E-state index >= 15 is 0 Å². The highest BCUT2D eigenvalue weighted by Crippen LogP contribution is 2.09. The van der Waals surface area contributed by atoms with Gasteiger partial charge in [0.15, 0.2) is 0 Å². The lowest BCUT2D eigenvalue weighted by Gasteiger charge is -2.27. The zero-order valence-corrected chi connectivity index (χ0v) is 13.0. The van der Waals surface area contributed by atoms with Gasteiger partial charge in [-0.25, -0.2) is 0 Å². The van der Waals surface area contributed by atoms with Gasteiger partial charge in [-0.15, -0.1) is 0 Å². The van der Waals surface area contributed by atoms with Gasteiger partial charge in [-0.2, -0.15) is 0 Å². The SMILES string of the molecule is CCOC(C)C(=O)N(CCC(C)C)CCC(C)C. The van der Waals surface area contributed by atoms with Gasteiger partial charge in [0.2, 0.25) is 0 Å². The van der Waals surface area contributed by atoms with Crippen LogP contribution >= 0.6 is 0 Å². The number of carbonyl (C=O) groups excluding carboxylic acids is 1. The van der Waals surface area contributed by atoms with Gasteiger partial charge in [-0.05, 0) is 38.5 Å². The van der Waals surface area contributed by atoms with E-state index in [4.69, 9.17) is 4.74 Å². The van der Waals surface area contributed by atoms with Gasteiger partial charge >= 0.3 is 0 Å². The van der Waals surface area contributed by atoms with E-state index in [9.17, 15) is 4.79 Å². The van der Waals surface area contributed by atoms with Crippen molar-refractivity contribution in [2.75, 3.05) is 19.7 Å². The summed E-state index contributed by atoms with van der Waals surface area (Å²) in [6.07, 6.45) is 1.81. The Hall–Kier alpha value is -0.570. The topological polar surface area (TPSA) is 29.5 Å². The minimum Gasteiger partial charge on any atom is -0.369 e. The Morgan fingerprint density at radius 1 is 1.00 bits per heavy atom. The average Bonchev–Trinajstić information content (AvgIpc) is 2.28. The molecule has 1 amide bonds. The van der Waals surface area contributed by atoms with Gasteiger partial charge in [-0.1, -0.05) is 27.7 Å². The number of rotatable bonds is 9.